The van der Waals surface area contributed by atoms with Gasteiger partial charge in [0.05, 0.1) is 4.92 Å². The second kappa shape index (κ2) is 17.7. The van der Waals surface area contributed by atoms with E-state index >= 15 is 0 Å². The first kappa shape index (κ1) is 31.6. The van der Waals surface area contributed by atoms with Crippen molar-refractivity contribution in [3.8, 4) is 0 Å². The molecule has 2 aliphatic rings. The maximum atomic E-state index is 11.8. The molecule has 0 amide bonds. The molecule has 0 bridgehead atoms. The van der Waals surface area contributed by atoms with Crippen molar-refractivity contribution in [3.05, 3.63) is 70.3 Å². The number of nitro groups is 1. The molecule has 0 spiro atoms. The van der Waals surface area contributed by atoms with Crippen molar-refractivity contribution in [1.29, 1.82) is 0 Å². The van der Waals surface area contributed by atoms with Crippen LogP contribution in [0, 0.1) is 10.1 Å². The molecule has 2 fully saturated rings. The van der Waals surface area contributed by atoms with E-state index in [1.165, 1.54) is 82.4 Å². The van der Waals surface area contributed by atoms with Gasteiger partial charge in [-0.05, 0) is 55.7 Å². The minimum Gasteiger partial charge on any atom is -0.480 e. The van der Waals surface area contributed by atoms with E-state index in [9.17, 15) is 24.8 Å². The first-order valence-electron chi connectivity index (χ1n) is 14.3. The van der Waals surface area contributed by atoms with Crippen LogP contribution < -0.4 is 10.0 Å². The van der Waals surface area contributed by atoms with E-state index in [1.54, 1.807) is 6.07 Å². The number of esters is 1. The lowest BCUT2D eigenvalue weighted by atomic mass is 9.91. The van der Waals surface area contributed by atoms with Gasteiger partial charge in [-0.3, -0.25) is 19.7 Å². The molecular weight excluding hydrogens is 530 g/mol. The van der Waals surface area contributed by atoms with Crippen molar-refractivity contribution in [2.24, 2.45) is 0 Å². The minimum absolute atomic E-state index is 0.00339. The number of benzene rings is 2. The molecule has 2 aliphatic carbocycles. The third kappa shape index (κ3) is 11.7. The fourth-order valence-corrected chi connectivity index (χ4v) is 5.89. The molecule has 0 aromatic heterocycles. The van der Waals surface area contributed by atoms with Gasteiger partial charge in [0, 0.05) is 24.6 Å². The summed E-state index contributed by atoms with van der Waals surface area (Å²) in [5.41, 5.74) is 0.715. The van der Waals surface area contributed by atoms with Crippen molar-refractivity contribution in [3.63, 3.8) is 0 Å². The van der Waals surface area contributed by atoms with Crippen LogP contribution in [0.3, 0.4) is 0 Å². The Morgan fingerprint density at radius 3 is 2.08 bits per heavy atom. The lowest BCUT2D eigenvalue weighted by Gasteiger charge is -2.30. The van der Waals surface area contributed by atoms with Crippen LogP contribution in [0.4, 0.5) is 5.69 Å². The van der Waals surface area contributed by atoms with Gasteiger partial charge in [0.15, 0.2) is 0 Å². The summed E-state index contributed by atoms with van der Waals surface area (Å²) < 4.78 is 7.78. The number of hydrogen-bond donors (Lipinski definition) is 3. The number of nitrogens with one attached hydrogen (secondary N) is 2. The summed E-state index contributed by atoms with van der Waals surface area (Å²) in [5.74, 6) is -1.67. The molecule has 1 unspecified atom stereocenters. The predicted octanol–water partition coefficient (Wildman–Crippen LogP) is 6.41. The molecule has 3 N–H and O–H groups in total. The third-order valence-electron chi connectivity index (χ3n) is 7.23. The van der Waals surface area contributed by atoms with Crippen molar-refractivity contribution in [2.45, 2.75) is 107 Å². The van der Waals surface area contributed by atoms with Crippen LogP contribution in [0.2, 0.25) is 0 Å². The zero-order valence-electron chi connectivity index (χ0n) is 23.0. The number of nitro benzene ring substituents is 1. The van der Waals surface area contributed by atoms with Gasteiger partial charge >= 0.3 is 11.9 Å². The van der Waals surface area contributed by atoms with Crippen molar-refractivity contribution >= 4 is 29.6 Å². The topological polar surface area (TPSA) is 131 Å². The Hall–Kier alpha value is -2.95. The van der Waals surface area contributed by atoms with E-state index in [-0.39, 0.29) is 25.1 Å². The molecule has 2 saturated carbocycles. The van der Waals surface area contributed by atoms with Crippen molar-refractivity contribution < 1.29 is 24.4 Å². The third-order valence-corrected chi connectivity index (χ3v) is 8.20. The Morgan fingerprint density at radius 1 is 0.925 bits per heavy atom. The molecule has 10 heteroatoms. The lowest BCUT2D eigenvalue weighted by Crippen LogP contribution is -2.40. The molecule has 9 nitrogen and oxygen atoms in total. The van der Waals surface area contributed by atoms with Gasteiger partial charge in [-0.1, -0.05) is 81.0 Å². The minimum atomic E-state index is -1.16. The van der Waals surface area contributed by atoms with Gasteiger partial charge in [0.1, 0.15) is 17.5 Å². The maximum absolute atomic E-state index is 11.8. The van der Waals surface area contributed by atoms with Crippen LogP contribution in [-0.2, 0) is 20.9 Å². The van der Waals surface area contributed by atoms with Crippen LogP contribution >= 0.6 is 11.9 Å². The van der Waals surface area contributed by atoms with E-state index in [2.05, 4.69) is 10.0 Å². The molecule has 4 rings (SSSR count). The molecule has 0 heterocycles. The first-order chi connectivity index (χ1) is 19.4. The van der Waals surface area contributed by atoms with Gasteiger partial charge in [0.25, 0.3) is 5.69 Å². The fourth-order valence-electron chi connectivity index (χ4n) is 5.01. The van der Waals surface area contributed by atoms with Gasteiger partial charge in [-0.2, -0.15) is 0 Å². The monoisotopic (exact) mass is 571 g/mol. The van der Waals surface area contributed by atoms with Crippen LogP contribution in [0.5, 0.6) is 0 Å². The number of ether oxygens (including phenoxy) is 1. The largest absolute Gasteiger partial charge is 0.480 e. The highest BCUT2D eigenvalue weighted by molar-refractivity contribution is 7.97. The van der Waals surface area contributed by atoms with Crippen LogP contribution in [0.15, 0.2) is 59.5 Å². The lowest BCUT2D eigenvalue weighted by molar-refractivity contribution is -0.387. The first-order valence-corrected chi connectivity index (χ1v) is 15.1. The standard InChI is InChI=1S/C18H18N2O6S.C12H23N/c21-17(26-12-13-6-2-1-3-7-13)11-10-14(18(22)23)19-27-16-9-5-4-8-15(16)20(24)25;1-3-7-11(8-4-1)13-12-9-5-2-6-10-12/h1-9,14,19H,10-12H2,(H,22,23);11-13H,1-10H2. The highest BCUT2D eigenvalue weighted by Crippen LogP contribution is 2.27. The molecule has 2 aromatic carbocycles. The Morgan fingerprint density at radius 2 is 1.50 bits per heavy atom. The summed E-state index contributed by atoms with van der Waals surface area (Å²) in [5, 5.41) is 24.1. The smallest absolute Gasteiger partial charge is 0.321 e. The second-order valence-corrected chi connectivity index (χ2v) is 11.2. The van der Waals surface area contributed by atoms with Gasteiger partial charge in [0.2, 0.25) is 0 Å². The summed E-state index contributed by atoms with van der Waals surface area (Å²) in [7, 11) is 0. The summed E-state index contributed by atoms with van der Waals surface area (Å²) in [6.45, 7) is 0.121. The number of carboxylic acid groups (broad SMARTS) is 1. The number of hydrogen-bond acceptors (Lipinski definition) is 8. The molecule has 2 aromatic rings. The van der Waals surface area contributed by atoms with E-state index in [4.69, 9.17) is 4.74 Å². The molecule has 0 saturated heterocycles. The van der Waals surface area contributed by atoms with E-state index < -0.39 is 22.9 Å². The van der Waals surface area contributed by atoms with Gasteiger partial charge in [-0.15, -0.1) is 0 Å². The number of rotatable bonds is 12. The van der Waals surface area contributed by atoms with Crippen LogP contribution in [-0.4, -0.2) is 40.1 Å². The number of para-hydroxylation sites is 1. The zero-order valence-corrected chi connectivity index (χ0v) is 23.8. The van der Waals surface area contributed by atoms with Gasteiger partial charge < -0.3 is 15.2 Å². The molecule has 218 valence electrons. The summed E-state index contributed by atoms with van der Waals surface area (Å²) in [6.07, 6.45) is 14.5. The van der Waals surface area contributed by atoms with E-state index in [0.717, 1.165) is 29.6 Å². The van der Waals surface area contributed by atoms with Crippen molar-refractivity contribution in [1.82, 2.24) is 10.0 Å². The number of nitrogens with zero attached hydrogens (tertiary/aromatic N) is 1. The van der Waals surface area contributed by atoms with E-state index in [1.807, 2.05) is 30.3 Å². The predicted molar refractivity (Wildman–Crippen MR) is 156 cm³/mol. The van der Waals surface area contributed by atoms with Crippen LogP contribution in [0.1, 0.15) is 82.6 Å². The molecule has 0 radical (unpaired) electrons. The number of aliphatic carboxylic acids is 1. The number of carbonyl (C=O) groups excluding carboxylic acids is 1. The summed E-state index contributed by atoms with van der Waals surface area (Å²) in [6, 6.07) is 15.8. The Balaban J connectivity index is 0.000000281. The quantitative estimate of drug-likeness (QED) is 0.114. The average Bonchev–Trinajstić information content (AvgIpc) is 2.98. The second-order valence-electron chi connectivity index (χ2n) is 10.4. The normalized spacial score (nSPS) is 16.8. The SMILES string of the molecule is C1CCC(NC2CCCCC2)CC1.O=C(CCC(NSc1ccccc1[N+](=O)[O-])C(=O)O)OCc1ccccc1. The summed E-state index contributed by atoms with van der Waals surface area (Å²) in [4.78, 5) is 33.9. The Kier molecular flexibility index (Phi) is 14.0. The highest BCUT2D eigenvalue weighted by Gasteiger charge is 2.22. The Labute approximate surface area is 240 Å². The van der Waals surface area contributed by atoms with E-state index in [0.29, 0.717) is 4.90 Å². The summed E-state index contributed by atoms with van der Waals surface area (Å²) >= 11 is 0.849. The zero-order chi connectivity index (χ0) is 28.6. The fraction of sp³-hybridized carbons (Fsp3) is 0.533. The average molecular weight is 572 g/mol. The van der Waals surface area contributed by atoms with Crippen molar-refractivity contribution in [2.75, 3.05) is 0 Å². The molecular formula is C30H41N3O6S. The Bertz CT molecular complexity index is 1040. The molecule has 40 heavy (non-hydrogen) atoms. The molecule has 0 aliphatic heterocycles. The number of carbonyl (C=O) groups is 2. The van der Waals surface area contributed by atoms with Crippen LogP contribution in [0.25, 0.3) is 0 Å². The van der Waals surface area contributed by atoms with Gasteiger partial charge in [-0.25, -0.2) is 4.72 Å². The molecule has 1 atom stereocenters. The number of carboxylic acids is 1. The maximum Gasteiger partial charge on any atom is 0.321 e. The highest BCUT2D eigenvalue weighted by atomic mass is 32.2.